The number of carbonyl (C=O) groups is 1. The van der Waals surface area contributed by atoms with E-state index in [0.29, 0.717) is 18.0 Å². The van der Waals surface area contributed by atoms with Crippen LogP contribution in [0.2, 0.25) is 0 Å². The molecule has 138 valence electrons. The summed E-state index contributed by atoms with van der Waals surface area (Å²) in [5.74, 6) is 1.22. The van der Waals surface area contributed by atoms with Gasteiger partial charge in [0, 0.05) is 11.8 Å². The Hall–Kier alpha value is -3.27. The number of aryl methyl sites for hydroxylation is 1. The average Bonchev–Trinajstić information content (AvgIpc) is 2.69. The van der Waals surface area contributed by atoms with Crippen LogP contribution in [0.5, 0.6) is 11.5 Å². The smallest absolute Gasteiger partial charge is 0.262 e. The third-order valence-corrected chi connectivity index (χ3v) is 4.28. The van der Waals surface area contributed by atoms with Crippen molar-refractivity contribution >= 4 is 11.6 Å². The van der Waals surface area contributed by atoms with Crippen LogP contribution in [0.15, 0.2) is 72.8 Å². The van der Waals surface area contributed by atoms with Gasteiger partial charge in [0.1, 0.15) is 18.1 Å². The lowest BCUT2D eigenvalue weighted by Crippen LogP contribution is -2.20. The first kappa shape index (κ1) is 18.5. The summed E-state index contributed by atoms with van der Waals surface area (Å²) in [6.45, 7) is 4.44. The molecule has 3 aromatic rings. The van der Waals surface area contributed by atoms with Gasteiger partial charge in [0.25, 0.3) is 5.91 Å². The second-order valence-electron chi connectivity index (χ2n) is 6.34. The highest BCUT2D eigenvalue weighted by molar-refractivity contribution is 5.92. The number of amides is 1. The molecule has 0 unspecified atom stereocenters. The van der Waals surface area contributed by atoms with E-state index in [0.717, 1.165) is 22.4 Å². The van der Waals surface area contributed by atoms with E-state index in [9.17, 15) is 4.79 Å². The fourth-order valence-corrected chi connectivity index (χ4v) is 2.63. The first-order valence-corrected chi connectivity index (χ1v) is 8.87. The van der Waals surface area contributed by atoms with Gasteiger partial charge in [0.2, 0.25) is 0 Å². The topological polar surface area (TPSA) is 47.6 Å². The fraction of sp³-hybridized carbons (Fsp3) is 0.174. The molecule has 0 heterocycles. The molecule has 0 saturated heterocycles. The summed E-state index contributed by atoms with van der Waals surface area (Å²) in [5.41, 5.74) is 3.95. The van der Waals surface area contributed by atoms with Gasteiger partial charge in [-0.3, -0.25) is 4.79 Å². The van der Waals surface area contributed by atoms with E-state index in [4.69, 9.17) is 9.47 Å². The molecule has 0 bridgehead atoms. The third-order valence-electron chi connectivity index (χ3n) is 4.28. The van der Waals surface area contributed by atoms with Crippen molar-refractivity contribution in [3.63, 3.8) is 0 Å². The third kappa shape index (κ3) is 5.35. The van der Waals surface area contributed by atoms with Gasteiger partial charge in [-0.2, -0.15) is 0 Å². The van der Waals surface area contributed by atoms with E-state index < -0.39 is 0 Å². The van der Waals surface area contributed by atoms with Crippen LogP contribution < -0.4 is 14.8 Å². The average molecular weight is 361 g/mol. The van der Waals surface area contributed by atoms with Crippen LogP contribution in [0.3, 0.4) is 0 Å². The summed E-state index contributed by atoms with van der Waals surface area (Å²) in [5, 5.41) is 2.84. The lowest BCUT2D eigenvalue weighted by Gasteiger charge is -2.12. The largest absolute Gasteiger partial charge is 0.489 e. The standard InChI is InChI=1S/C23H23NO3/c1-17-8-6-13-22(18(17)2)27-16-23(25)24-20-11-7-12-21(14-20)26-15-19-9-4-3-5-10-19/h3-14H,15-16H2,1-2H3,(H,24,25). The van der Waals surface area contributed by atoms with Crippen molar-refractivity contribution in [2.45, 2.75) is 20.5 Å². The minimum absolute atomic E-state index is 0.0423. The highest BCUT2D eigenvalue weighted by Gasteiger charge is 2.07. The summed E-state index contributed by atoms with van der Waals surface area (Å²) in [4.78, 5) is 12.2. The monoisotopic (exact) mass is 361 g/mol. The number of hydrogen-bond acceptors (Lipinski definition) is 3. The molecule has 0 spiro atoms. The minimum atomic E-state index is -0.212. The van der Waals surface area contributed by atoms with Crippen molar-refractivity contribution in [3.05, 3.63) is 89.5 Å². The van der Waals surface area contributed by atoms with Gasteiger partial charge >= 0.3 is 0 Å². The Morgan fingerprint density at radius 3 is 2.48 bits per heavy atom. The Morgan fingerprint density at radius 2 is 1.67 bits per heavy atom. The van der Waals surface area contributed by atoms with E-state index in [1.165, 1.54) is 0 Å². The number of nitrogens with one attached hydrogen (secondary N) is 1. The number of carbonyl (C=O) groups excluding carboxylic acids is 1. The lowest BCUT2D eigenvalue weighted by atomic mass is 10.1. The van der Waals surface area contributed by atoms with Crippen LogP contribution in [-0.2, 0) is 11.4 Å². The van der Waals surface area contributed by atoms with E-state index in [1.807, 2.05) is 80.6 Å². The maximum absolute atomic E-state index is 12.2. The second-order valence-corrected chi connectivity index (χ2v) is 6.34. The highest BCUT2D eigenvalue weighted by atomic mass is 16.5. The lowest BCUT2D eigenvalue weighted by molar-refractivity contribution is -0.118. The molecule has 4 heteroatoms. The molecule has 0 fully saturated rings. The van der Waals surface area contributed by atoms with E-state index in [1.54, 1.807) is 6.07 Å². The van der Waals surface area contributed by atoms with Crippen molar-refractivity contribution in [1.29, 1.82) is 0 Å². The minimum Gasteiger partial charge on any atom is -0.489 e. The molecule has 0 atom stereocenters. The molecule has 0 saturated carbocycles. The van der Waals surface area contributed by atoms with Crippen molar-refractivity contribution in [3.8, 4) is 11.5 Å². The van der Waals surface area contributed by atoms with Gasteiger partial charge in [-0.05, 0) is 48.7 Å². The van der Waals surface area contributed by atoms with Gasteiger partial charge in [0.05, 0.1) is 0 Å². The zero-order valence-corrected chi connectivity index (χ0v) is 15.6. The Morgan fingerprint density at radius 1 is 0.889 bits per heavy atom. The normalized spacial score (nSPS) is 10.3. The molecule has 0 radical (unpaired) electrons. The molecule has 1 amide bonds. The second kappa shape index (κ2) is 8.90. The van der Waals surface area contributed by atoms with Gasteiger partial charge in [-0.1, -0.05) is 48.5 Å². The summed E-state index contributed by atoms with van der Waals surface area (Å²) in [7, 11) is 0. The van der Waals surface area contributed by atoms with Gasteiger partial charge in [-0.25, -0.2) is 0 Å². The number of hydrogen-bond donors (Lipinski definition) is 1. The Kier molecular flexibility index (Phi) is 6.10. The SMILES string of the molecule is Cc1cccc(OCC(=O)Nc2cccc(OCc3ccccc3)c2)c1C. The Labute approximate surface area is 159 Å². The number of ether oxygens (including phenoxy) is 2. The summed E-state index contributed by atoms with van der Waals surface area (Å²) >= 11 is 0. The molecule has 4 nitrogen and oxygen atoms in total. The van der Waals surface area contributed by atoms with E-state index in [2.05, 4.69) is 5.32 Å². The zero-order valence-electron chi connectivity index (χ0n) is 15.6. The van der Waals surface area contributed by atoms with Crippen LogP contribution in [0.25, 0.3) is 0 Å². The molecule has 3 aromatic carbocycles. The quantitative estimate of drug-likeness (QED) is 0.651. The van der Waals surface area contributed by atoms with Gasteiger partial charge in [0.15, 0.2) is 6.61 Å². The fourth-order valence-electron chi connectivity index (χ4n) is 2.63. The van der Waals surface area contributed by atoms with Crippen molar-refractivity contribution in [1.82, 2.24) is 0 Å². The van der Waals surface area contributed by atoms with E-state index in [-0.39, 0.29) is 12.5 Å². The van der Waals surface area contributed by atoms with E-state index >= 15 is 0 Å². The molecule has 0 aliphatic carbocycles. The van der Waals surface area contributed by atoms with Crippen LogP contribution in [0.1, 0.15) is 16.7 Å². The molecule has 0 aliphatic heterocycles. The summed E-state index contributed by atoms with van der Waals surface area (Å²) < 4.78 is 11.4. The summed E-state index contributed by atoms with van der Waals surface area (Å²) in [6, 6.07) is 23.1. The number of anilines is 1. The molecule has 3 rings (SSSR count). The van der Waals surface area contributed by atoms with Crippen LogP contribution in [0, 0.1) is 13.8 Å². The number of benzene rings is 3. The first-order chi connectivity index (χ1) is 13.1. The first-order valence-electron chi connectivity index (χ1n) is 8.87. The summed E-state index contributed by atoms with van der Waals surface area (Å²) in [6.07, 6.45) is 0. The molecule has 0 aromatic heterocycles. The zero-order chi connectivity index (χ0) is 19.1. The molecular formula is C23H23NO3. The molecule has 1 N–H and O–H groups in total. The number of rotatable bonds is 7. The predicted molar refractivity (Wildman–Crippen MR) is 107 cm³/mol. The maximum atomic E-state index is 12.2. The van der Waals surface area contributed by atoms with Gasteiger partial charge in [-0.15, -0.1) is 0 Å². The molecule has 27 heavy (non-hydrogen) atoms. The molecular weight excluding hydrogens is 338 g/mol. The Balaban J connectivity index is 1.54. The van der Waals surface area contributed by atoms with Crippen LogP contribution >= 0.6 is 0 Å². The molecule has 0 aliphatic rings. The van der Waals surface area contributed by atoms with Crippen molar-refractivity contribution in [2.24, 2.45) is 0 Å². The Bertz CT molecular complexity index is 907. The van der Waals surface area contributed by atoms with Gasteiger partial charge < -0.3 is 14.8 Å². The van der Waals surface area contributed by atoms with Crippen molar-refractivity contribution in [2.75, 3.05) is 11.9 Å². The van der Waals surface area contributed by atoms with Crippen LogP contribution in [0.4, 0.5) is 5.69 Å². The van der Waals surface area contributed by atoms with Crippen LogP contribution in [-0.4, -0.2) is 12.5 Å². The van der Waals surface area contributed by atoms with Crippen molar-refractivity contribution < 1.29 is 14.3 Å². The maximum Gasteiger partial charge on any atom is 0.262 e. The predicted octanol–water partition coefficient (Wildman–Crippen LogP) is 4.90. The highest BCUT2D eigenvalue weighted by Crippen LogP contribution is 2.21.